The molecule has 6 rings (SSSR count). The second kappa shape index (κ2) is 12.0. The van der Waals surface area contributed by atoms with E-state index >= 15 is 0 Å². The van der Waals surface area contributed by atoms with Gasteiger partial charge in [-0.1, -0.05) is 49.4 Å². The van der Waals surface area contributed by atoms with Crippen molar-refractivity contribution >= 4 is 28.2 Å². The van der Waals surface area contributed by atoms with E-state index in [4.69, 9.17) is 4.99 Å². The van der Waals surface area contributed by atoms with Gasteiger partial charge in [0, 0.05) is 41.8 Å². The number of aryl methyl sites for hydroxylation is 1. The molecule has 1 atom stereocenters. The van der Waals surface area contributed by atoms with Crippen LogP contribution in [0, 0.1) is 0 Å². The predicted octanol–water partition coefficient (Wildman–Crippen LogP) is 6.25. The van der Waals surface area contributed by atoms with Crippen molar-refractivity contribution in [2.45, 2.75) is 38.8 Å². The van der Waals surface area contributed by atoms with E-state index in [0.717, 1.165) is 42.9 Å². The number of benzene rings is 3. The minimum absolute atomic E-state index is 0.00546. The number of aromatic amines is 1. The molecule has 42 heavy (non-hydrogen) atoms. The van der Waals surface area contributed by atoms with Gasteiger partial charge in [0.2, 0.25) is 0 Å². The van der Waals surface area contributed by atoms with Crippen molar-refractivity contribution in [2.75, 3.05) is 13.1 Å². The maximum atomic E-state index is 13.4. The Morgan fingerprint density at radius 2 is 1.86 bits per heavy atom. The van der Waals surface area contributed by atoms with E-state index in [0.29, 0.717) is 27.7 Å². The molecule has 0 spiro atoms. The number of likely N-dealkylation sites (tertiary alicyclic amines) is 1. The first kappa shape index (κ1) is 27.5. The number of carbonyl (C=O) groups is 1. The number of nitrogens with zero attached hydrogens (tertiary/aromatic N) is 4. The van der Waals surface area contributed by atoms with Gasteiger partial charge in [-0.05, 0) is 73.8 Å². The molecule has 1 amide bonds. The molecule has 3 N–H and O–H groups in total. The molecule has 0 aliphatic carbocycles. The summed E-state index contributed by atoms with van der Waals surface area (Å²) in [6.07, 6.45) is 6.88. The van der Waals surface area contributed by atoms with Gasteiger partial charge in [-0.2, -0.15) is 5.10 Å². The smallest absolute Gasteiger partial charge is 0.251 e. The summed E-state index contributed by atoms with van der Waals surface area (Å²) in [4.78, 5) is 24.0. The molecule has 1 fully saturated rings. The van der Waals surface area contributed by atoms with Gasteiger partial charge in [0.05, 0.1) is 29.2 Å². The Morgan fingerprint density at radius 1 is 1.05 bits per heavy atom. The van der Waals surface area contributed by atoms with E-state index in [1.807, 2.05) is 67.8 Å². The number of aromatic nitrogens is 3. The van der Waals surface area contributed by atoms with E-state index in [-0.39, 0.29) is 17.8 Å². The van der Waals surface area contributed by atoms with Crippen LogP contribution in [-0.4, -0.2) is 49.5 Å². The quantitative estimate of drug-likeness (QED) is 0.186. The third kappa shape index (κ3) is 5.85. The summed E-state index contributed by atoms with van der Waals surface area (Å²) in [7, 11) is 1.85. The van der Waals surface area contributed by atoms with Gasteiger partial charge in [-0.3, -0.25) is 14.4 Å². The Labute approximate surface area is 245 Å². The number of aliphatic imine (C=N–C) groups is 1. The predicted molar refractivity (Wildman–Crippen MR) is 166 cm³/mol. The average Bonchev–Trinajstić information content (AvgIpc) is 3.75. The minimum Gasteiger partial charge on any atom is -0.494 e. The third-order valence-electron chi connectivity index (χ3n) is 7.93. The lowest BCUT2D eigenvalue weighted by Crippen LogP contribution is -2.28. The number of rotatable bonds is 9. The van der Waals surface area contributed by atoms with E-state index in [9.17, 15) is 9.90 Å². The summed E-state index contributed by atoms with van der Waals surface area (Å²) in [6, 6.07) is 23.5. The Kier molecular flexibility index (Phi) is 7.88. The summed E-state index contributed by atoms with van der Waals surface area (Å²) in [5.74, 6) is -0.178. The van der Waals surface area contributed by atoms with Gasteiger partial charge in [-0.25, -0.2) is 4.99 Å². The van der Waals surface area contributed by atoms with Gasteiger partial charge in [0.1, 0.15) is 0 Å². The molecular formula is C34H36N6O2. The maximum absolute atomic E-state index is 13.4. The Morgan fingerprint density at radius 3 is 2.60 bits per heavy atom. The number of aromatic hydroxyl groups is 1. The van der Waals surface area contributed by atoms with Crippen LogP contribution in [0.3, 0.4) is 0 Å². The summed E-state index contributed by atoms with van der Waals surface area (Å²) in [5.41, 5.74) is 6.17. The molecule has 5 aromatic rings. The lowest BCUT2D eigenvalue weighted by Gasteiger charge is -2.17. The topological polar surface area (TPSA) is 98.5 Å². The molecule has 0 radical (unpaired) electrons. The van der Waals surface area contributed by atoms with E-state index in [1.165, 1.54) is 18.4 Å². The molecule has 214 valence electrons. The fourth-order valence-corrected chi connectivity index (χ4v) is 5.77. The Balaban J connectivity index is 1.38. The van der Waals surface area contributed by atoms with Crippen molar-refractivity contribution in [3.05, 3.63) is 113 Å². The van der Waals surface area contributed by atoms with Crippen molar-refractivity contribution in [1.29, 1.82) is 0 Å². The third-order valence-corrected chi connectivity index (χ3v) is 7.93. The summed E-state index contributed by atoms with van der Waals surface area (Å²) in [5, 5.41) is 19.4. The maximum Gasteiger partial charge on any atom is 0.251 e. The molecule has 1 aliphatic heterocycles. The largest absolute Gasteiger partial charge is 0.494 e. The zero-order valence-corrected chi connectivity index (χ0v) is 24.0. The normalized spacial score (nSPS) is 14.9. The van der Waals surface area contributed by atoms with Crippen LogP contribution in [0.25, 0.3) is 10.9 Å². The van der Waals surface area contributed by atoms with Gasteiger partial charge < -0.3 is 15.4 Å². The summed E-state index contributed by atoms with van der Waals surface area (Å²) < 4.78 is 1.72. The molecule has 1 saturated heterocycles. The molecule has 3 heterocycles. The van der Waals surface area contributed by atoms with Crippen molar-refractivity contribution < 1.29 is 9.90 Å². The van der Waals surface area contributed by atoms with Crippen LogP contribution < -0.4 is 5.32 Å². The van der Waals surface area contributed by atoms with Crippen LogP contribution in [0.1, 0.15) is 64.8 Å². The first-order chi connectivity index (χ1) is 20.5. The fraction of sp³-hybridized carbons (Fsp3) is 0.265. The molecule has 0 unspecified atom stereocenters. The van der Waals surface area contributed by atoms with E-state index < -0.39 is 0 Å². The zero-order chi connectivity index (χ0) is 29.1. The second-order valence-electron chi connectivity index (χ2n) is 11.0. The lowest BCUT2D eigenvalue weighted by atomic mass is 10.0. The van der Waals surface area contributed by atoms with Crippen LogP contribution in [0.2, 0.25) is 0 Å². The number of hydrogen-bond donors (Lipinski definition) is 3. The van der Waals surface area contributed by atoms with Gasteiger partial charge in [0.15, 0.2) is 5.88 Å². The minimum atomic E-state index is -0.172. The molecule has 1 aliphatic rings. The molecular weight excluding hydrogens is 524 g/mol. The molecule has 2 aromatic heterocycles. The van der Waals surface area contributed by atoms with Crippen molar-refractivity contribution in [1.82, 2.24) is 25.0 Å². The molecule has 8 heteroatoms. The van der Waals surface area contributed by atoms with E-state index in [1.54, 1.807) is 16.9 Å². The standard InChI is InChI=1S/C34H36N6O2/c1-3-29(24-11-5-4-6-12-24)37-33(41)25-14-15-30-28(19-25)31(34(42)38-30)32(26-20-35-39(2)22-26)36-27-13-9-10-23(18-27)21-40-16-7-8-17-40/h4-6,9-15,18-20,22,29,38,42H,3,7-8,16-17,21H2,1-2H3,(H,37,41)/t29-/m1/s1. The Bertz CT molecular complexity index is 1730. The first-order valence-corrected chi connectivity index (χ1v) is 14.6. The number of H-pyrrole nitrogens is 1. The van der Waals surface area contributed by atoms with Crippen LogP contribution in [0.4, 0.5) is 5.69 Å². The van der Waals surface area contributed by atoms with Crippen LogP contribution >= 0.6 is 0 Å². The Hall–Kier alpha value is -4.69. The SMILES string of the molecule is CC[C@@H](NC(=O)c1ccc2[nH]c(O)c(C(=Nc3cccc(CN4CCCC4)c3)c3cnn(C)c3)c2c1)c1ccccc1. The number of hydrogen-bond acceptors (Lipinski definition) is 5. The lowest BCUT2D eigenvalue weighted by molar-refractivity contribution is 0.0935. The van der Waals surface area contributed by atoms with Crippen molar-refractivity contribution in [3.8, 4) is 5.88 Å². The van der Waals surface area contributed by atoms with Gasteiger partial charge in [-0.15, -0.1) is 0 Å². The highest BCUT2D eigenvalue weighted by Gasteiger charge is 2.22. The average molecular weight is 561 g/mol. The van der Waals surface area contributed by atoms with Crippen molar-refractivity contribution in [3.63, 3.8) is 0 Å². The highest BCUT2D eigenvalue weighted by molar-refractivity contribution is 6.22. The number of carbonyl (C=O) groups excluding carboxylic acids is 1. The zero-order valence-electron chi connectivity index (χ0n) is 24.0. The van der Waals surface area contributed by atoms with Gasteiger partial charge >= 0.3 is 0 Å². The summed E-state index contributed by atoms with van der Waals surface area (Å²) in [6.45, 7) is 5.19. The number of fused-ring (bicyclic) bond motifs is 1. The van der Waals surface area contributed by atoms with Gasteiger partial charge in [0.25, 0.3) is 5.91 Å². The van der Waals surface area contributed by atoms with E-state index in [2.05, 4.69) is 39.4 Å². The molecule has 3 aromatic carbocycles. The summed E-state index contributed by atoms with van der Waals surface area (Å²) >= 11 is 0. The highest BCUT2D eigenvalue weighted by atomic mass is 16.3. The van der Waals surface area contributed by atoms with Crippen LogP contribution in [-0.2, 0) is 13.6 Å². The fourth-order valence-electron chi connectivity index (χ4n) is 5.77. The monoisotopic (exact) mass is 560 g/mol. The highest BCUT2D eigenvalue weighted by Crippen LogP contribution is 2.33. The number of nitrogens with one attached hydrogen (secondary N) is 2. The number of amides is 1. The molecule has 0 saturated carbocycles. The van der Waals surface area contributed by atoms with Crippen LogP contribution in [0.5, 0.6) is 5.88 Å². The first-order valence-electron chi connectivity index (χ1n) is 14.6. The van der Waals surface area contributed by atoms with Crippen LogP contribution in [0.15, 0.2) is 90.2 Å². The second-order valence-corrected chi connectivity index (χ2v) is 11.0. The molecule has 8 nitrogen and oxygen atoms in total. The molecule has 0 bridgehead atoms. The van der Waals surface area contributed by atoms with Crippen molar-refractivity contribution in [2.24, 2.45) is 12.0 Å².